The van der Waals surface area contributed by atoms with Gasteiger partial charge in [-0.2, -0.15) is 0 Å². The van der Waals surface area contributed by atoms with Crippen LogP contribution < -0.4 is 0 Å². The number of hydrogen-bond donors (Lipinski definition) is 1. The number of hydrogen-bond acceptors (Lipinski definition) is 3. The fourth-order valence-electron chi connectivity index (χ4n) is 1.29. The Kier molecular flexibility index (Phi) is 2.77. The SMILES string of the molecule is O=[N+]([O-])c1cccc(C=Cc2ncc[nH]2)c1. The molecule has 1 N–H and O–H groups in total. The van der Waals surface area contributed by atoms with Crippen LogP contribution in [0.1, 0.15) is 11.4 Å². The van der Waals surface area contributed by atoms with Crippen LogP contribution in [0.4, 0.5) is 5.69 Å². The van der Waals surface area contributed by atoms with Gasteiger partial charge in [-0.25, -0.2) is 4.98 Å². The van der Waals surface area contributed by atoms with Gasteiger partial charge in [0.05, 0.1) is 4.92 Å². The summed E-state index contributed by atoms with van der Waals surface area (Å²) in [6.45, 7) is 0. The molecule has 0 amide bonds. The van der Waals surface area contributed by atoms with E-state index in [-0.39, 0.29) is 5.69 Å². The first-order valence-electron chi connectivity index (χ1n) is 4.67. The van der Waals surface area contributed by atoms with E-state index < -0.39 is 4.92 Å². The molecular formula is C11H9N3O2. The van der Waals surface area contributed by atoms with E-state index in [1.54, 1.807) is 36.7 Å². The zero-order chi connectivity index (χ0) is 11.4. The first kappa shape index (κ1) is 10.1. The van der Waals surface area contributed by atoms with Crippen molar-refractivity contribution < 1.29 is 4.92 Å². The summed E-state index contributed by atoms with van der Waals surface area (Å²) < 4.78 is 0. The van der Waals surface area contributed by atoms with Crippen LogP contribution in [0.15, 0.2) is 36.7 Å². The molecule has 2 aromatic rings. The van der Waals surface area contributed by atoms with E-state index in [0.29, 0.717) is 5.82 Å². The molecule has 0 spiro atoms. The van der Waals surface area contributed by atoms with Crippen LogP contribution in [-0.4, -0.2) is 14.9 Å². The average Bonchev–Trinajstić information content (AvgIpc) is 2.79. The Morgan fingerprint density at radius 3 is 2.94 bits per heavy atom. The quantitative estimate of drug-likeness (QED) is 0.631. The second-order valence-corrected chi connectivity index (χ2v) is 3.16. The van der Waals surface area contributed by atoms with Crippen molar-refractivity contribution >= 4 is 17.8 Å². The predicted octanol–water partition coefficient (Wildman–Crippen LogP) is 2.49. The minimum absolute atomic E-state index is 0.0848. The first-order valence-corrected chi connectivity index (χ1v) is 4.67. The molecule has 0 unspecified atom stereocenters. The highest BCUT2D eigenvalue weighted by molar-refractivity contribution is 5.67. The standard InChI is InChI=1S/C11H9N3O2/c15-14(16)10-3-1-2-9(8-10)4-5-11-12-6-7-13-11/h1-8H,(H,12,13). The maximum atomic E-state index is 10.5. The van der Waals surface area contributed by atoms with Crippen LogP contribution in [0.3, 0.4) is 0 Å². The summed E-state index contributed by atoms with van der Waals surface area (Å²) in [5, 5.41) is 10.5. The van der Waals surface area contributed by atoms with Crippen molar-refractivity contribution in [2.45, 2.75) is 0 Å². The number of imidazole rings is 1. The highest BCUT2D eigenvalue weighted by Crippen LogP contribution is 2.14. The number of H-pyrrole nitrogens is 1. The third-order valence-electron chi connectivity index (χ3n) is 2.03. The van der Waals surface area contributed by atoms with Gasteiger partial charge in [-0.15, -0.1) is 0 Å². The third kappa shape index (κ3) is 2.33. The van der Waals surface area contributed by atoms with Gasteiger partial charge in [0.15, 0.2) is 0 Å². The van der Waals surface area contributed by atoms with E-state index in [4.69, 9.17) is 0 Å². The number of nitrogens with one attached hydrogen (secondary N) is 1. The van der Waals surface area contributed by atoms with E-state index >= 15 is 0 Å². The second kappa shape index (κ2) is 4.39. The number of aromatic nitrogens is 2. The predicted molar refractivity (Wildman–Crippen MR) is 60.6 cm³/mol. The summed E-state index contributed by atoms with van der Waals surface area (Å²) in [6.07, 6.45) is 6.89. The molecule has 16 heavy (non-hydrogen) atoms. The summed E-state index contributed by atoms with van der Waals surface area (Å²) in [7, 11) is 0. The molecule has 0 radical (unpaired) electrons. The third-order valence-corrected chi connectivity index (χ3v) is 2.03. The molecule has 0 atom stereocenters. The maximum Gasteiger partial charge on any atom is 0.270 e. The molecule has 2 rings (SSSR count). The van der Waals surface area contributed by atoms with Gasteiger partial charge < -0.3 is 4.98 Å². The van der Waals surface area contributed by atoms with E-state index in [1.165, 1.54) is 12.1 Å². The molecule has 1 heterocycles. The fourth-order valence-corrected chi connectivity index (χ4v) is 1.29. The lowest BCUT2D eigenvalue weighted by atomic mass is 10.2. The fraction of sp³-hybridized carbons (Fsp3) is 0. The monoisotopic (exact) mass is 215 g/mol. The van der Waals surface area contributed by atoms with Gasteiger partial charge in [-0.3, -0.25) is 10.1 Å². The first-order chi connectivity index (χ1) is 7.75. The van der Waals surface area contributed by atoms with Gasteiger partial charge in [-0.05, 0) is 11.6 Å². The molecule has 1 aromatic heterocycles. The van der Waals surface area contributed by atoms with Crippen molar-refractivity contribution in [1.29, 1.82) is 0 Å². The van der Waals surface area contributed by atoms with Crippen molar-refractivity contribution in [3.8, 4) is 0 Å². The molecule has 0 aliphatic carbocycles. The van der Waals surface area contributed by atoms with Crippen molar-refractivity contribution in [3.05, 3.63) is 58.2 Å². The minimum atomic E-state index is -0.412. The Morgan fingerprint density at radius 2 is 2.25 bits per heavy atom. The molecule has 0 bridgehead atoms. The number of nitro groups is 1. The number of benzene rings is 1. The van der Waals surface area contributed by atoms with Crippen molar-refractivity contribution in [2.75, 3.05) is 0 Å². The summed E-state index contributed by atoms with van der Waals surface area (Å²) in [5.41, 5.74) is 0.854. The van der Waals surface area contributed by atoms with Crippen LogP contribution in [-0.2, 0) is 0 Å². The Bertz CT molecular complexity index is 518. The smallest absolute Gasteiger partial charge is 0.270 e. The highest BCUT2D eigenvalue weighted by Gasteiger charge is 2.03. The lowest BCUT2D eigenvalue weighted by Crippen LogP contribution is -1.87. The Morgan fingerprint density at radius 1 is 1.38 bits per heavy atom. The van der Waals surface area contributed by atoms with E-state index in [2.05, 4.69) is 9.97 Å². The summed E-state index contributed by atoms with van der Waals surface area (Å²) in [6, 6.07) is 6.43. The second-order valence-electron chi connectivity index (χ2n) is 3.16. The van der Waals surface area contributed by atoms with Gasteiger partial charge in [0.1, 0.15) is 5.82 Å². The Labute approximate surface area is 91.6 Å². The molecule has 1 aromatic carbocycles. The summed E-state index contributed by atoms with van der Waals surface area (Å²) >= 11 is 0. The van der Waals surface area contributed by atoms with Crippen LogP contribution in [0.2, 0.25) is 0 Å². The number of nitrogens with zero attached hydrogens (tertiary/aromatic N) is 2. The van der Waals surface area contributed by atoms with E-state index in [0.717, 1.165) is 5.56 Å². The molecule has 0 saturated heterocycles. The zero-order valence-electron chi connectivity index (χ0n) is 8.33. The molecule has 0 aliphatic rings. The van der Waals surface area contributed by atoms with Gasteiger partial charge in [-0.1, -0.05) is 18.2 Å². The highest BCUT2D eigenvalue weighted by atomic mass is 16.6. The van der Waals surface area contributed by atoms with E-state index in [9.17, 15) is 10.1 Å². The lowest BCUT2D eigenvalue weighted by Gasteiger charge is -1.93. The summed E-state index contributed by atoms with van der Waals surface area (Å²) in [5.74, 6) is 0.714. The van der Waals surface area contributed by atoms with Gasteiger partial charge in [0.2, 0.25) is 0 Å². The van der Waals surface area contributed by atoms with Gasteiger partial charge in [0.25, 0.3) is 5.69 Å². The number of rotatable bonds is 3. The van der Waals surface area contributed by atoms with Crippen molar-refractivity contribution in [3.63, 3.8) is 0 Å². The summed E-state index contributed by atoms with van der Waals surface area (Å²) in [4.78, 5) is 17.1. The number of nitro benzene ring substituents is 1. The zero-order valence-corrected chi connectivity index (χ0v) is 8.33. The molecule has 0 fully saturated rings. The topological polar surface area (TPSA) is 71.8 Å². The molecular weight excluding hydrogens is 206 g/mol. The average molecular weight is 215 g/mol. The van der Waals surface area contributed by atoms with Crippen LogP contribution >= 0.6 is 0 Å². The maximum absolute atomic E-state index is 10.5. The van der Waals surface area contributed by atoms with Crippen molar-refractivity contribution in [2.24, 2.45) is 0 Å². The van der Waals surface area contributed by atoms with E-state index in [1.807, 2.05) is 0 Å². The van der Waals surface area contributed by atoms with Gasteiger partial charge in [0, 0.05) is 24.5 Å². The molecule has 0 saturated carbocycles. The Hall–Kier alpha value is -2.43. The Balaban J connectivity index is 2.22. The van der Waals surface area contributed by atoms with Crippen molar-refractivity contribution in [1.82, 2.24) is 9.97 Å². The molecule has 5 nitrogen and oxygen atoms in total. The molecule has 0 aliphatic heterocycles. The minimum Gasteiger partial charge on any atom is -0.345 e. The van der Waals surface area contributed by atoms with Gasteiger partial charge >= 0.3 is 0 Å². The number of non-ortho nitro benzene ring substituents is 1. The number of aromatic amines is 1. The normalized spacial score (nSPS) is 10.8. The molecule has 80 valence electrons. The largest absolute Gasteiger partial charge is 0.345 e. The van der Waals surface area contributed by atoms with Crippen LogP contribution in [0, 0.1) is 10.1 Å². The van der Waals surface area contributed by atoms with Crippen LogP contribution in [0.5, 0.6) is 0 Å². The van der Waals surface area contributed by atoms with Crippen LogP contribution in [0.25, 0.3) is 12.2 Å². The molecule has 5 heteroatoms. The lowest BCUT2D eigenvalue weighted by molar-refractivity contribution is -0.384.